The zero-order valence-electron chi connectivity index (χ0n) is 13.7. The van der Waals surface area contributed by atoms with E-state index < -0.39 is 23.8 Å². The van der Waals surface area contributed by atoms with Crippen LogP contribution in [0.25, 0.3) is 0 Å². The van der Waals surface area contributed by atoms with Gasteiger partial charge in [0.25, 0.3) is 0 Å². The van der Waals surface area contributed by atoms with Crippen molar-refractivity contribution in [2.45, 2.75) is 45.8 Å². The molecule has 0 aromatic carbocycles. The zero-order valence-corrected chi connectivity index (χ0v) is 14.5. The van der Waals surface area contributed by atoms with Gasteiger partial charge >= 0.3 is 12.1 Å². The molecule has 0 aromatic rings. The molecular weight excluding hydrogens is 310 g/mol. The maximum absolute atomic E-state index is 11.4. The van der Waals surface area contributed by atoms with E-state index in [0.717, 1.165) is 0 Å². The topological polar surface area (TPSA) is 73.9 Å². The highest BCUT2D eigenvalue weighted by Gasteiger charge is 2.23. The Hall–Kier alpha value is -1.27. The fraction of sp³-hybridized carbons (Fsp3) is 0.733. The third-order valence-electron chi connectivity index (χ3n) is 2.50. The van der Waals surface area contributed by atoms with Crippen LogP contribution in [0.3, 0.4) is 0 Å². The van der Waals surface area contributed by atoms with Gasteiger partial charge in [0.2, 0.25) is 0 Å². The van der Waals surface area contributed by atoms with Gasteiger partial charge in [0, 0.05) is 18.0 Å². The minimum absolute atomic E-state index is 0.0842. The van der Waals surface area contributed by atoms with Crippen LogP contribution in [0.15, 0.2) is 12.2 Å². The number of carbonyl (C=O) groups is 2. The highest BCUT2D eigenvalue weighted by molar-refractivity contribution is 6.17. The van der Waals surface area contributed by atoms with Crippen molar-refractivity contribution in [3.63, 3.8) is 0 Å². The average molecular weight is 336 g/mol. The molecule has 0 aliphatic carbocycles. The number of hydrogen-bond acceptors (Lipinski definition) is 5. The summed E-state index contributed by atoms with van der Waals surface area (Å²) in [6, 6.07) is 0. The number of amides is 1. The summed E-state index contributed by atoms with van der Waals surface area (Å²) < 4.78 is 15.8. The van der Waals surface area contributed by atoms with Crippen LogP contribution in [-0.2, 0) is 19.0 Å². The molecule has 128 valence electrons. The number of ether oxygens (including phenoxy) is 3. The fourth-order valence-electron chi connectivity index (χ4n) is 1.25. The molecule has 22 heavy (non-hydrogen) atoms. The van der Waals surface area contributed by atoms with Gasteiger partial charge in [-0.1, -0.05) is 6.58 Å². The van der Waals surface area contributed by atoms with Crippen LogP contribution < -0.4 is 5.32 Å². The van der Waals surface area contributed by atoms with E-state index in [2.05, 4.69) is 11.9 Å². The summed E-state index contributed by atoms with van der Waals surface area (Å²) in [6.07, 6.45) is -0.244. The molecule has 0 bridgehead atoms. The lowest BCUT2D eigenvalue weighted by Crippen LogP contribution is -2.37. The van der Waals surface area contributed by atoms with Crippen LogP contribution in [0.4, 0.5) is 4.79 Å². The first-order valence-electron chi connectivity index (χ1n) is 7.15. The fourth-order valence-corrected chi connectivity index (χ4v) is 1.38. The summed E-state index contributed by atoms with van der Waals surface area (Å²) in [4.78, 5) is 22.8. The molecule has 0 rings (SSSR count). The minimum Gasteiger partial charge on any atom is -0.457 e. The first-order valence-corrected chi connectivity index (χ1v) is 7.68. The largest absolute Gasteiger partial charge is 0.457 e. The van der Waals surface area contributed by atoms with Gasteiger partial charge in [0.05, 0.1) is 12.2 Å². The monoisotopic (exact) mass is 335 g/mol. The van der Waals surface area contributed by atoms with E-state index in [1.807, 2.05) is 0 Å². The number of alkyl halides is 1. The van der Waals surface area contributed by atoms with Crippen LogP contribution in [0.1, 0.15) is 34.1 Å². The van der Waals surface area contributed by atoms with E-state index >= 15 is 0 Å². The van der Waals surface area contributed by atoms with Crippen LogP contribution in [0.5, 0.6) is 0 Å². The second-order valence-electron chi connectivity index (χ2n) is 5.61. The van der Waals surface area contributed by atoms with Crippen molar-refractivity contribution in [2.24, 2.45) is 0 Å². The van der Waals surface area contributed by atoms with Gasteiger partial charge in [-0.3, -0.25) is 0 Å². The Bertz CT molecular complexity index is 384. The Balaban J connectivity index is 4.00. The van der Waals surface area contributed by atoms with Gasteiger partial charge in [-0.15, -0.1) is 11.6 Å². The normalized spacial score (nSPS) is 12.4. The standard InChI is InChI=1S/C15H26ClNO5/c1-11(2)13(18)22-12(3)9-21-15(4,5)10-20-14(19)17-8-6-7-16/h12H,1,6-10H2,2-5H3,(H,17,19). The van der Waals surface area contributed by atoms with Crippen molar-refractivity contribution < 1.29 is 23.8 Å². The molecule has 0 saturated carbocycles. The minimum atomic E-state index is -0.687. The Kier molecular flexibility index (Phi) is 9.85. The van der Waals surface area contributed by atoms with E-state index in [4.69, 9.17) is 25.8 Å². The molecule has 1 N–H and O–H groups in total. The highest BCUT2D eigenvalue weighted by Crippen LogP contribution is 2.11. The van der Waals surface area contributed by atoms with E-state index in [0.29, 0.717) is 24.4 Å². The van der Waals surface area contributed by atoms with E-state index in [9.17, 15) is 9.59 Å². The highest BCUT2D eigenvalue weighted by atomic mass is 35.5. The Morgan fingerprint density at radius 3 is 2.55 bits per heavy atom. The lowest BCUT2D eigenvalue weighted by Gasteiger charge is -2.26. The van der Waals surface area contributed by atoms with Crippen molar-refractivity contribution in [3.05, 3.63) is 12.2 Å². The lowest BCUT2D eigenvalue weighted by molar-refractivity contribution is -0.151. The number of carbonyl (C=O) groups excluding carboxylic acids is 2. The SMILES string of the molecule is C=C(C)C(=O)OC(C)COC(C)(C)COC(=O)NCCCCl. The second-order valence-corrected chi connectivity index (χ2v) is 5.99. The number of hydrogen-bond donors (Lipinski definition) is 1. The molecule has 0 saturated heterocycles. The molecule has 0 spiro atoms. The molecule has 1 amide bonds. The van der Waals surface area contributed by atoms with E-state index in [1.54, 1.807) is 27.7 Å². The molecule has 0 aliphatic rings. The van der Waals surface area contributed by atoms with E-state index in [1.165, 1.54) is 0 Å². The third-order valence-corrected chi connectivity index (χ3v) is 2.76. The van der Waals surface area contributed by atoms with E-state index in [-0.39, 0.29) is 13.2 Å². The van der Waals surface area contributed by atoms with Gasteiger partial charge < -0.3 is 19.5 Å². The molecule has 0 aliphatic heterocycles. The average Bonchev–Trinajstić information content (AvgIpc) is 2.43. The molecular formula is C15H26ClNO5. The molecule has 1 unspecified atom stereocenters. The van der Waals surface area contributed by atoms with Crippen molar-refractivity contribution in [1.82, 2.24) is 5.32 Å². The quantitative estimate of drug-likeness (QED) is 0.287. The van der Waals surface area contributed by atoms with Gasteiger partial charge in [-0.25, -0.2) is 9.59 Å². The summed E-state index contributed by atoms with van der Waals surface area (Å²) in [5.41, 5.74) is -0.351. The van der Waals surface area contributed by atoms with Crippen molar-refractivity contribution in [2.75, 3.05) is 25.6 Å². The van der Waals surface area contributed by atoms with Crippen molar-refractivity contribution >= 4 is 23.7 Å². The zero-order chi connectivity index (χ0) is 17.2. The van der Waals surface area contributed by atoms with Gasteiger partial charge in [0.15, 0.2) is 0 Å². The van der Waals surface area contributed by atoms with Crippen molar-refractivity contribution in [1.29, 1.82) is 0 Å². The second kappa shape index (κ2) is 10.5. The molecule has 7 heteroatoms. The van der Waals surface area contributed by atoms with Gasteiger partial charge in [0.1, 0.15) is 12.7 Å². The molecule has 0 heterocycles. The lowest BCUT2D eigenvalue weighted by atomic mass is 10.1. The summed E-state index contributed by atoms with van der Waals surface area (Å²) >= 11 is 5.51. The predicted octanol–water partition coefficient (Wildman–Crippen LogP) is 2.64. The number of nitrogens with one attached hydrogen (secondary N) is 1. The maximum Gasteiger partial charge on any atom is 0.407 e. The van der Waals surface area contributed by atoms with Gasteiger partial charge in [-0.2, -0.15) is 0 Å². The Morgan fingerprint density at radius 1 is 1.36 bits per heavy atom. The number of rotatable bonds is 10. The first-order chi connectivity index (χ1) is 10.2. The summed E-state index contributed by atoms with van der Waals surface area (Å²) in [5.74, 6) is 0.0270. The molecule has 1 atom stereocenters. The molecule has 0 aromatic heterocycles. The van der Waals surface area contributed by atoms with Crippen LogP contribution >= 0.6 is 11.6 Å². The Morgan fingerprint density at radius 2 is 2.00 bits per heavy atom. The van der Waals surface area contributed by atoms with Crippen LogP contribution in [0, 0.1) is 0 Å². The summed E-state index contributed by atoms with van der Waals surface area (Å²) in [7, 11) is 0. The maximum atomic E-state index is 11.4. The summed E-state index contributed by atoms with van der Waals surface area (Å²) in [6.45, 7) is 11.1. The Labute approximate surface area is 137 Å². The van der Waals surface area contributed by atoms with Crippen LogP contribution in [-0.4, -0.2) is 49.4 Å². The van der Waals surface area contributed by atoms with Gasteiger partial charge in [-0.05, 0) is 34.1 Å². The molecule has 0 fully saturated rings. The molecule has 0 radical (unpaired) electrons. The van der Waals surface area contributed by atoms with Crippen molar-refractivity contribution in [3.8, 4) is 0 Å². The molecule has 6 nitrogen and oxygen atoms in total. The number of esters is 1. The predicted molar refractivity (Wildman–Crippen MR) is 85.1 cm³/mol. The number of alkyl carbamates (subject to hydrolysis) is 1. The third kappa shape index (κ3) is 10.5. The number of halogens is 1. The van der Waals surface area contributed by atoms with Crippen LogP contribution in [0.2, 0.25) is 0 Å². The first kappa shape index (κ1) is 20.7. The summed E-state index contributed by atoms with van der Waals surface area (Å²) in [5, 5.41) is 2.58. The smallest absolute Gasteiger partial charge is 0.407 e.